The topological polar surface area (TPSA) is 142 Å². The third-order valence-corrected chi connectivity index (χ3v) is 5.53. The molecule has 0 saturated heterocycles. The van der Waals surface area contributed by atoms with Crippen LogP contribution in [0.1, 0.15) is 41.5 Å². The van der Waals surface area contributed by atoms with Crippen LogP contribution in [0.5, 0.6) is 0 Å². The fourth-order valence-electron chi connectivity index (χ4n) is 3.13. The van der Waals surface area contributed by atoms with Crippen molar-refractivity contribution in [2.75, 3.05) is 146 Å². The van der Waals surface area contributed by atoms with E-state index in [9.17, 15) is 9.59 Å². The maximum atomic E-state index is 11.9. The molecule has 0 aromatic carbocycles. The van der Waals surface area contributed by atoms with E-state index in [2.05, 4.69) is 0 Å². The molecule has 0 aliphatic carbocycles. The average molecular weight is 685 g/mol. The normalized spacial score (nSPS) is 11.9. The van der Waals surface area contributed by atoms with Gasteiger partial charge in [-0.05, 0) is 41.5 Å². The van der Waals surface area contributed by atoms with Crippen molar-refractivity contribution in [3.63, 3.8) is 0 Å². The number of rotatable bonds is 30. The van der Waals surface area contributed by atoms with Crippen LogP contribution in [0.15, 0.2) is 0 Å². The summed E-state index contributed by atoms with van der Waals surface area (Å²) in [5.41, 5.74) is -1.03. The summed E-state index contributed by atoms with van der Waals surface area (Å²) in [7, 11) is 3.36. The van der Waals surface area contributed by atoms with Gasteiger partial charge in [0.05, 0.1) is 119 Å². The van der Waals surface area contributed by atoms with Crippen molar-refractivity contribution in [1.29, 1.82) is 0 Å². The smallest absolute Gasteiger partial charge is 0.410 e. The number of ether oxygens (including phenoxy) is 11. The summed E-state index contributed by atoms with van der Waals surface area (Å²) in [6, 6.07) is 0. The standard InChI is InChI=1S/C32H64N2O13/c1-31(2,3)46-29(35)33(7)9-11-37-13-15-39-17-19-41-21-23-43-25-27-45-28-26-44-24-22-42-20-18-40-16-14-38-12-10-34(8)30(36)47-32(4,5)6/h9-28H2,1-8H3. The highest BCUT2D eigenvalue weighted by atomic mass is 16.6. The Morgan fingerprint density at radius 1 is 0.362 bits per heavy atom. The van der Waals surface area contributed by atoms with Gasteiger partial charge in [-0.3, -0.25) is 0 Å². The van der Waals surface area contributed by atoms with Crippen molar-refractivity contribution in [1.82, 2.24) is 9.80 Å². The first-order valence-electron chi connectivity index (χ1n) is 16.4. The first-order valence-corrected chi connectivity index (χ1v) is 16.4. The first-order chi connectivity index (χ1) is 22.3. The minimum absolute atomic E-state index is 0.367. The zero-order valence-electron chi connectivity index (χ0n) is 30.3. The summed E-state index contributed by atoms with van der Waals surface area (Å²) in [5, 5.41) is 0. The van der Waals surface area contributed by atoms with Crippen molar-refractivity contribution in [3.8, 4) is 0 Å². The van der Waals surface area contributed by atoms with E-state index in [-0.39, 0.29) is 12.2 Å². The van der Waals surface area contributed by atoms with Gasteiger partial charge in [0.2, 0.25) is 0 Å². The van der Waals surface area contributed by atoms with Gasteiger partial charge in [-0.25, -0.2) is 9.59 Å². The third-order valence-electron chi connectivity index (χ3n) is 5.53. The molecule has 0 aliphatic rings. The van der Waals surface area contributed by atoms with Gasteiger partial charge in [0.15, 0.2) is 0 Å². The number of carbonyl (C=O) groups is 2. The Hall–Kier alpha value is -1.82. The predicted octanol–water partition coefficient (Wildman–Crippen LogP) is 2.87. The second-order valence-corrected chi connectivity index (χ2v) is 12.3. The molecule has 0 aromatic heterocycles. The molecule has 0 rings (SSSR count). The van der Waals surface area contributed by atoms with Crippen LogP contribution in [0.2, 0.25) is 0 Å². The van der Waals surface area contributed by atoms with Gasteiger partial charge in [-0.15, -0.1) is 0 Å². The number of amides is 2. The van der Waals surface area contributed by atoms with Crippen LogP contribution in [-0.4, -0.2) is 179 Å². The summed E-state index contributed by atoms with van der Waals surface area (Å²) in [4.78, 5) is 26.7. The number of likely N-dealkylation sites (N-methyl/N-ethyl adjacent to an activating group) is 2. The average Bonchev–Trinajstić information content (AvgIpc) is 2.98. The highest BCUT2D eigenvalue weighted by molar-refractivity contribution is 5.68. The monoisotopic (exact) mass is 684 g/mol. The van der Waals surface area contributed by atoms with Crippen LogP contribution >= 0.6 is 0 Å². The van der Waals surface area contributed by atoms with Crippen LogP contribution in [0.25, 0.3) is 0 Å². The quantitative estimate of drug-likeness (QED) is 0.103. The highest BCUT2D eigenvalue weighted by Crippen LogP contribution is 2.09. The lowest BCUT2D eigenvalue weighted by Gasteiger charge is -2.24. The van der Waals surface area contributed by atoms with Gasteiger partial charge in [0, 0.05) is 27.2 Å². The molecule has 0 saturated carbocycles. The van der Waals surface area contributed by atoms with E-state index < -0.39 is 11.2 Å². The molecule has 0 fully saturated rings. The molecule has 47 heavy (non-hydrogen) atoms. The van der Waals surface area contributed by atoms with E-state index in [0.717, 1.165) is 0 Å². The Kier molecular flexibility index (Phi) is 28.0. The van der Waals surface area contributed by atoms with E-state index in [1.165, 1.54) is 9.80 Å². The first kappa shape index (κ1) is 45.2. The summed E-state index contributed by atoms with van der Waals surface area (Å²) >= 11 is 0. The zero-order valence-corrected chi connectivity index (χ0v) is 30.3. The molecule has 0 aliphatic heterocycles. The molecule has 15 nitrogen and oxygen atoms in total. The molecule has 0 spiro atoms. The Balaban J connectivity index is 3.24. The Morgan fingerprint density at radius 2 is 0.532 bits per heavy atom. The van der Waals surface area contributed by atoms with Gasteiger partial charge >= 0.3 is 12.2 Å². The molecule has 0 N–H and O–H groups in total. The predicted molar refractivity (Wildman–Crippen MR) is 175 cm³/mol. The molecule has 0 atom stereocenters. The van der Waals surface area contributed by atoms with Gasteiger partial charge in [-0.2, -0.15) is 0 Å². The fourth-order valence-corrected chi connectivity index (χ4v) is 3.13. The van der Waals surface area contributed by atoms with E-state index >= 15 is 0 Å². The van der Waals surface area contributed by atoms with Crippen LogP contribution in [0, 0.1) is 0 Å². The van der Waals surface area contributed by atoms with E-state index in [0.29, 0.717) is 132 Å². The highest BCUT2D eigenvalue weighted by Gasteiger charge is 2.20. The lowest BCUT2D eigenvalue weighted by molar-refractivity contribution is -0.0257. The molecule has 15 heteroatoms. The Morgan fingerprint density at radius 3 is 0.702 bits per heavy atom. The van der Waals surface area contributed by atoms with Crippen LogP contribution in [0.4, 0.5) is 9.59 Å². The molecular weight excluding hydrogens is 620 g/mol. The Labute approximate surface area is 282 Å². The second-order valence-electron chi connectivity index (χ2n) is 12.3. The summed E-state index contributed by atoms with van der Waals surface area (Å²) in [6.45, 7) is 20.3. The maximum absolute atomic E-state index is 11.9. The van der Waals surface area contributed by atoms with Crippen molar-refractivity contribution in [2.45, 2.75) is 52.7 Å². The fraction of sp³-hybridized carbons (Fsp3) is 0.938. The molecule has 2 amide bonds. The third kappa shape index (κ3) is 33.9. The molecule has 0 unspecified atom stereocenters. The van der Waals surface area contributed by atoms with Gasteiger partial charge in [0.1, 0.15) is 11.2 Å². The SMILES string of the molecule is CN(CCOCCOCCOCCOCCOCCOCCOCCOCCOCCN(C)C(=O)OC(C)(C)C)C(=O)OC(C)(C)C. The zero-order chi connectivity index (χ0) is 35.2. The van der Waals surface area contributed by atoms with Gasteiger partial charge in [-0.1, -0.05) is 0 Å². The van der Waals surface area contributed by atoms with Crippen LogP contribution < -0.4 is 0 Å². The van der Waals surface area contributed by atoms with Crippen molar-refractivity contribution >= 4 is 12.2 Å². The van der Waals surface area contributed by atoms with Crippen molar-refractivity contribution < 1.29 is 61.7 Å². The van der Waals surface area contributed by atoms with E-state index in [4.69, 9.17) is 52.1 Å². The van der Waals surface area contributed by atoms with E-state index in [1.807, 2.05) is 41.5 Å². The van der Waals surface area contributed by atoms with Gasteiger partial charge < -0.3 is 61.9 Å². The minimum atomic E-state index is -0.513. The molecule has 0 heterocycles. The molecule has 0 aromatic rings. The molecule has 0 radical (unpaired) electrons. The van der Waals surface area contributed by atoms with Crippen LogP contribution in [-0.2, 0) is 52.1 Å². The maximum Gasteiger partial charge on any atom is 0.410 e. The van der Waals surface area contributed by atoms with Crippen molar-refractivity contribution in [2.24, 2.45) is 0 Å². The second kappa shape index (κ2) is 29.1. The summed E-state index contributed by atoms with van der Waals surface area (Å²) < 4.78 is 59.8. The molecule has 0 bridgehead atoms. The van der Waals surface area contributed by atoms with Crippen molar-refractivity contribution in [3.05, 3.63) is 0 Å². The Bertz CT molecular complexity index is 687. The minimum Gasteiger partial charge on any atom is -0.444 e. The number of nitrogens with zero attached hydrogens (tertiary/aromatic N) is 2. The number of carbonyl (C=O) groups excluding carboxylic acids is 2. The van der Waals surface area contributed by atoms with E-state index in [1.54, 1.807) is 14.1 Å². The number of hydrogen-bond donors (Lipinski definition) is 0. The summed E-state index contributed by atoms with van der Waals surface area (Å²) in [5.74, 6) is 0. The van der Waals surface area contributed by atoms with Gasteiger partial charge in [0.25, 0.3) is 0 Å². The lowest BCUT2D eigenvalue weighted by atomic mass is 10.2. The van der Waals surface area contributed by atoms with Crippen LogP contribution in [0.3, 0.4) is 0 Å². The lowest BCUT2D eigenvalue weighted by Crippen LogP contribution is -2.36. The molecular formula is C32H64N2O13. The summed E-state index contributed by atoms with van der Waals surface area (Å²) in [6.07, 6.45) is -0.735. The molecule has 280 valence electrons. The number of hydrogen-bond acceptors (Lipinski definition) is 13. The largest absolute Gasteiger partial charge is 0.444 e.